The van der Waals surface area contributed by atoms with Gasteiger partial charge in [0.2, 0.25) is 5.91 Å². The molecule has 0 bridgehead atoms. The van der Waals surface area contributed by atoms with E-state index in [1.807, 2.05) is 6.07 Å². The van der Waals surface area contributed by atoms with Gasteiger partial charge in [-0.15, -0.1) is 0 Å². The number of likely N-dealkylation sites (tertiary alicyclic amines) is 1. The first-order chi connectivity index (χ1) is 12.8. The summed E-state index contributed by atoms with van der Waals surface area (Å²) in [6, 6.07) is 10.4. The molecule has 4 rings (SSSR count). The van der Waals surface area contributed by atoms with Crippen molar-refractivity contribution >= 4 is 11.6 Å². The predicted octanol–water partition coefficient (Wildman–Crippen LogP) is 3.78. The Kier molecular flexibility index (Phi) is 5.49. The van der Waals surface area contributed by atoms with Gasteiger partial charge in [-0.2, -0.15) is 0 Å². The number of piperidine rings is 1. The highest BCUT2D eigenvalue weighted by Gasteiger charge is 2.50. The Morgan fingerprint density at radius 2 is 1.62 bits per heavy atom. The normalized spacial score (nSPS) is 25.1. The Morgan fingerprint density at radius 3 is 2.31 bits per heavy atom. The lowest BCUT2D eigenvalue weighted by atomic mass is 9.84. The van der Waals surface area contributed by atoms with E-state index in [-0.39, 0.29) is 11.4 Å². The second kappa shape index (κ2) is 7.99. The molecule has 0 aromatic heterocycles. The molecule has 1 aromatic carbocycles. The van der Waals surface area contributed by atoms with Gasteiger partial charge < -0.3 is 15.1 Å². The van der Waals surface area contributed by atoms with Crippen molar-refractivity contribution in [2.45, 2.75) is 63.3 Å². The van der Waals surface area contributed by atoms with E-state index in [1.54, 1.807) is 0 Å². The second-order valence-electron chi connectivity index (χ2n) is 8.47. The molecule has 4 heteroatoms. The van der Waals surface area contributed by atoms with Gasteiger partial charge in [0.1, 0.15) is 5.54 Å². The first kappa shape index (κ1) is 17.8. The molecule has 0 unspecified atom stereocenters. The van der Waals surface area contributed by atoms with E-state index >= 15 is 0 Å². The van der Waals surface area contributed by atoms with Gasteiger partial charge in [-0.05, 0) is 43.7 Å². The highest BCUT2D eigenvalue weighted by molar-refractivity contribution is 5.93. The molecule has 0 radical (unpaired) electrons. The van der Waals surface area contributed by atoms with Crippen molar-refractivity contribution in [1.29, 1.82) is 0 Å². The molecule has 4 nitrogen and oxygen atoms in total. The predicted molar refractivity (Wildman–Crippen MR) is 106 cm³/mol. The van der Waals surface area contributed by atoms with Crippen molar-refractivity contribution in [2.75, 3.05) is 31.2 Å². The molecular weight excluding hydrogens is 322 g/mol. The van der Waals surface area contributed by atoms with Gasteiger partial charge in [-0.25, -0.2) is 0 Å². The van der Waals surface area contributed by atoms with Gasteiger partial charge in [0.25, 0.3) is 0 Å². The number of rotatable bonds is 3. The van der Waals surface area contributed by atoms with Crippen LogP contribution in [0.25, 0.3) is 0 Å². The minimum absolute atomic E-state index is 0.229. The van der Waals surface area contributed by atoms with E-state index in [9.17, 15) is 4.79 Å². The van der Waals surface area contributed by atoms with Crippen LogP contribution in [0.5, 0.6) is 0 Å². The van der Waals surface area contributed by atoms with Crippen molar-refractivity contribution in [3.8, 4) is 0 Å². The quantitative estimate of drug-likeness (QED) is 0.896. The van der Waals surface area contributed by atoms with Gasteiger partial charge >= 0.3 is 0 Å². The average Bonchev–Trinajstić information content (AvgIpc) is 2.96. The molecule has 1 aromatic rings. The van der Waals surface area contributed by atoms with Crippen molar-refractivity contribution in [3.05, 3.63) is 30.3 Å². The van der Waals surface area contributed by atoms with Gasteiger partial charge in [-0.3, -0.25) is 4.79 Å². The summed E-state index contributed by atoms with van der Waals surface area (Å²) in [6.07, 6.45) is 11.8. The number of hydrogen-bond acceptors (Lipinski definition) is 3. The van der Waals surface area contributed by atoms with Gasteiger partial charge in [0, 0.05) is 25.3 Å². The fraction of sp³-hybridized carbons (Fsp3) is 0.682. The largest absolute Gasteiger partial charge is 0.339 e. The van der Waals surface area contributed by atoms with E-state index in [0.29, 0.717) is 6.67 Å². The van der Waals surface area contributed by atoms with Crippen molar-refractivity contribution < 1.29 is 4.79 Å². The molecule has 1 saturated carbocycles. The maximum atomic E-state index is 12.7. The van der Waals surface area contributed by atoms with Crippen LogP contribution in [0.15, 0.2) is 30.3 Å². The second-order valence-corrected chi connectivity index (χ2v) is 8.47. The molecule has 2 aliphatic heterocycles. The van der Waals surface area contributed by atoms with Crippen molar-refractivity contribution in [2.24, 2.45) is 5.92 Å². The molecule has 26 heavy (non-hydrogen) atoms. The number of hydrogen-bond donors (Lipinski definition) is 1. The molecule has 1 spiro atoms. The molecule has 142 valence electrons. The van der Waals surface area contributed by atoms with Gasteiger partial charge in [-0.1, -0.05) is 50.3 Å². The molecule has 1 N–H and O–H groups in total. The monoisotopic (exact) mass is 355 g/mol. The highest BCUT2D eigenvalue weighted by Crippen LogP contribution is 2.36. The molecule has 0 atom stereocenters. The fourth-order valence-corrected chi connectivity index (χ4v) is 5.23. The minimum atomic E-state index is -0.335. The number of amides is 1. The van der Waals surface area contributed by atoms with Crippen LogP contribution in [0.1, 0.15) is 57.8 Å². The molecule has 1 aliphatic carbocycles. The van der Waals surface area contributed by atoms with Crippen LogP contribution >= 0.6 is 0 Å². The maximum Gasteiger partial charge on any atom is 0.247 e. The Balaban J connectivity index is 1.39. The molecule has 2 heterocycles. The third-order valence-electron chi connectivity index (χ3n) is 6.83. The Morgan fingerprint density at radius 1 is 0.962 bits per heavy atom. The SMILES string of the molecule is O=C1NCN(c2ccccc2)C12CCN(CC1CCCCCCC1)CC2. The van der Waals surface area contributed by atoms with E-state index < -0.39 is 0 Å². The van der Waals surface area contributed by atoms with E-state index in [4.69, 9.17) is 0 Å². The summed E-state index contributed by atoms with van der Waals surface area (Å²) in [4.78, 5) is 17.7. The smallest absolute Gasteiger partial charge is 0.247 e. The number of carbonyl (C=O) groups is 1. The number of benzene rings is 1. The van der Waals surface area contributed by atoms with Crippen LogP contribution in [-0.4, -0.2) is 42.6 Å². The van der Waals surface area contributed by atoms with E-state index in [2.05, 4.69) is 39.4 Å². The molecule has 3 fully saturated rings. The minimum Gasteiger partial charge on any atom is -0.339 e. The Labute approximate surface area is 157 Å². The fourth-order valence-electron chi connectivity index (χ4n) is 5.23. The van der Waals surface area contributed by atoms with Crippen molar-refractivity contribution in [3.63, 3.8) is 0 Å². The highest BCUT2D eigenvalue weighted by atomic mass is 16.2. The van der Waals surface area contributed by atoms with E-state index in [0.717, 1.165) is 31.8 Å². The summed E-state index contributed by atoms with van der Waals surface area (Å²) in [5, 5.41) is 3.11. The zero-order valence-corrected chi connectivity index (χ0v) is 16.0. The number of nitrogens with one attached hydrogen (secondary N) is 1. The molecule has 1 amide bonds. The number of nitrogens with zero attached hydrogens (tertiary/aromatic N) is 2. The summed E-state index contributed by atoms with van der Waals surface area (Å²) in [7, 11) is 0. The van der Waals surface area contributed by atoms with Crippen molar-refractivity contribution in [1.82, 2.24) is 10.2 Å². The number of anilines is 1. The summed E-state index contributed by atoms with van der Waals surface area (Å²) in [5.41, 5.74) is 0.831. The first-order valence-electron chi connectivity index (χ1n) is 10.6. The zero-order chi connectivity index (χ0) is 17.8. The maximum absolute atomic E-state index is 12.7. The van der Waals surface area contributed by atoms with Crippen LogP contribution < -0.4 is 10.2 Å². The van der Waals surface area contributed by atoms with Crippen LogP contribution in [0.4, 0.5) is 5.69 Å². The third kappa shape index (κ3) is 3.62. The summed E-state index contributed by atoms with van der Waals surface area (Å²) in [6.45, 7) is 3.98. The summed E-state index contributed by atoms with van der Waals surface area (Å²) in [5.74, 6) is 1.10. The average molecular weight is 356 g/mol. The van der Waals surface area contributed by atoms with Crippen LogP contribution in [0, 0.1) is 5.92 Å². The van der Waals surface area contributed by atoms with Crippen LogP contribution in [0.3, 0.4) is 0 Å². The molecule has 3 aliphatic rings. The summed E-state index contributed by atoms with van der Waals surface area (Å²) < 4.78 is 0. The molecule has 2 saturated heterocycles. The lowest BCUT2D eigenvalue weighted by Crippen LogP contribution is -2.56. The Hall–Kier alpha value is -1.55. The topological polar surface area (TPSA) is 35.6 Å². The first-order valence-corrected chi connectivity index (χ1v) is 10.6. The van der Waals surface area contributed by atoms with Gasteiger partial charge in [0.05, 0.1) is 6.67 Å². The number of para-hydroxylation sites is 1. The molecular formula is C22H33N3O. The van der Waals surface area contributed by atoms with Crippen LogP contribution in [-0.2, 0) is 4.79 Å². The Bertz CT molecular complexity index is 587. The standard InChI is InChI=1S/C22H33N3O/c26-21-22(25(18-23-21)20-11-7-4-8-12-20)13-15-24(16-14-22)17-19-9-5-2-1-3-6-10-19/h4,7-8,11-12,19H,1-3,5-6,9-10,13-18H2,(H,23,26). The van der Waals surface area contributed by atoms with Crippen LogP contribution in [0.2, 0.25) is 0 Å². The van der Waals surface area contributed by atoms with Gasteiger partial charge in [0.15, 0.2) is 0 Å². The zero-order valence-electron chi connectivity index (χ0n) is 16.0. The lowest BCUT2D eigenvalue weighted by molar-refractivity contribution is -0.125. The number of carbonyl (C=O) groups excluding carboxylic acids is 1. The summed E-state index contributed by atoms with van der Waals surface area (Å²) >= 11 is 0. The lowest BCUT2D eigenvalue weighted by Gasteiger charge is -2.44. The third-order valence-corrected chi connectivity index (χ3v) is 6.83. The van der Waals surface area contributed by atoms with E-state index in [1.165, 1.54) is 57.2 Å².